The molecule has 2 atom stereocenters. The summed E-state index contributed by atoms with van der Waals surface area (Å²) in [6.07, 6.45) is 1.12. The number of rotatable bonds is 4. The van der Waals surface area contributed by atoms with Crippen LogP contribution in [0.25, 0.3) is 16.7 Å². The van der Waals surface area contributed by atoms with E-state index < -0.39 is 5.97 Å². The van der Waals surface area contributed by atoms with Crippen LogP contribution in [0.3, 0.4) is 0 Å². The number of carbonyl (C=O) groups is 2. The maximum absolute atomic E-state index is 12.5. The summed E-state index contributed by atoms with van der Waals surface area (Å²) in [6, 6.07) is 15.3. The Bertz CT molecular complexity index is 1060. The number of hydrogen-bond donors (Lipinski definition) is 0. The molecule has 1 aliphatic heterocycles. The van der Waals surface area contributed by atoms with Gasteiger partial charge in [-0.05, 0) is 55.5 Å². The van der Waals surface area contributed by atoms with E-state index in [0.29, 0.717) is 17.4 Å². The third-order valence-electron chi connectivity index (χ3n) is 5.62. The number of nitrogens with zero attached hydrogens (tertiary/aromatic N) is 3. The Morgan fingerprint density at radius 1 is 1.07 bits per heavy atom. The van der Waals surface area contributed by atoms with Crippen LogP contribution in [0.15, 0.2) is 48.5 Å². The second-order valence-corrected chi connectivity index (χ2v) is 8.35. The molecule has 1 aliphatic rings. The van der Waals surface area contributed by atoms with Crippen LogP contribution < -0.4 is 0 Å². The predicted octanol–water partition coefficient (Wildman–Crippen LogP) is 4.00. The van der Waals surface area contributed by atoms with Gasteiger partial charge in [-0.2, -0.15) is 0 Å². The van der Waals surface area contributed by atoms with Crippen molar-refractivity contribution in [3.63, 3.8) is 0 Å². The van der Waals surface area contributed by atoms with Crippen LogP contribution in [0.5, 0.6) is 0 Å². The van der Waals surface area contributed by atoms with Crippen LogP contribution in [0, 0.1) is 18.8 Å². The highest BCUT2D eigenvalue weighted by Gasteiger charge is 2.26. The first-order valence-corrected chi connectivity index (χ1v) is 10.4. The number of aryl methyl sites for hydroxylation is 1. The molecule has 2 aromatic carbocycles. The topological polar surface area (TPSA) is 64.4 Å². The Kier molecular flexibility index (Phi) is 5.57. The van der Waals surface area contributed by atoms with Gasteiger partial charge in [0.2, 0.25) is 0 Å². The zero-order valence-corrected chi connectivity index (χ0v) is 17.7. The summed E-state index contributed by atoms with van der Waals surface area (Å²) in [7, 11) is 0. The smallest absolute Gasteiger partial charge is 0.338 e. The first-order valence-electron chi connectivity index (χ1n) is 10.4. The lowest BCUT2D eigenvalue weighted by Gasteiger charge is -2.34. The van der Waals surface area contributed by atoms with E-state index in [0.717, 1.165) is 42.1 Å². The van der Waals surface area contributed by atoms with E-state index in [1.807, 2.05) is 47.9 Å². The van der Waals surface area contributed by atoms with Gasteiger partial charge in [-0.15, -0.1) is 0 Å². The lowest BCUT2D eigenvalue weighted by Crippen LogP contribution is -2.44. The van der Waals surface area contributed by atoms with Crippen LogP contribution in [0.2, 0.25) is 0 Å². The van der Waals surface area contributed by atoms with E-state index in [1.165, 1.54) is 0 Å². The zero-order chi connectivity index (χ0) is 21.3. The van der Waals surface area contributed by atoms with Gasteiger partial charge >= 0.3 is 5.97 Å². The summed E-state index contributed by atoms with van der Waals surface area (Å²) in [5, 5.41) is 0. The molecule has 0 saturated carbocycles. The standard InChI is InChI=1S/C24H27N3O3/c1-16-11-17(2)14-26(13-16)23(28)15-30-24(29)19-9-10-22-21(12-19)25-18(3)27(22)20-7-5-4-6-8-20/h4-10,12,16-17H,11,13-15H2,1-3H3. The SMILES string of the molecule is Cc1nc2cc(C(=O)OCC(=O)N3CC(C)CC(C)C3)ccc2n1-c1ccccc1. The minimum atomic E-state index is -0.504. The van der Waals surface area contributed by atoms with Crippen molar-refractivity contribution in [3.05, 3.63) is 59.9 Å². The average molecular weight is 405 g/mol. The van der Waals surface area contributed by atoms with E-state index in [1.54, 1.807) is 17.0 Å². The van der Waals surface area contributed by atoms with Crippen LogP contribution >= 0.6 is 0 Å². The summed E-state index contributed by atoms with van der Waals surface area (Å²) >= 11 is 0. The molecule has 6 heteroatoms. The maximum Gasteiger partial charge on any atom is 0.338 e. The first kappa shape index (κ1) is 20.1. The number of aromatic nitrogens is 2. The molecular weight excluding hydrogens is 378 g/mol. The first-order chi connectivity index (χ1) is 14.4. The fourth-order valence-electron chi connectivity index (χ4n) is 4.40. The molecule has 3 aromatic rings. The monoisotopic (exact) mass is 405 g/mol. The molecule has 6 nitrogen and oxygen atoms in total. The molecule has 0 N–H and O–H groups in total. The summed E-state index contributed by atoms with van der Waals surface area (Å²) in [5.74, 6) is 1.14. The number of esters is 1. The normalized spacial score (nSPS) is 19.1. The number of para-hydroxylation sites is 1. The number of imidazole rings is 1. The molecule has 0 spiro atoms. The molecule has 2 heterocycles. The minimum Gasteiger partial charge on any atom is -0.452 e. The molecule has 1 saturated heterocycles. The summed E-state index contributed by atoms with van der Waals surface area (Å²) < 4.78 is 7.37. The van der Waals surface area contributed by atoms with Gasteiger partial charge in [0.05, 0.1) is 16.6 Å². The largest absolute Gasteiger partial charge is 0.452 e. The Hall–Kier alpha value is -3.15. The minimum absolute atomic E-state index is 0.132. The van der Waals surface area contributed by atoms with E-state index in [2.05, 4.69) is 18.8 Å². The lowest BCUT2D eigenvalue weighted by molar-refractivity contribution is -0.137. The molecule has 0 aliphatic carbocycles. The number of amides is 1. The molecule has 1 fully saturated rings. The molecule has 156 valence electrons. The fourth-order valence-corrected chi connectivity index (χ4v) is 4.40. The third-order valence-corrected chi connectivity index (χ3v) is 5.62. The number of hydrogen-bond acceptors (Lipinski definition) is 4. The summed E-state index contributed by atoms with van der Waals surface area (Å²) in [4.78, 5) is 31.4. The molecule has 1 amide bonds. The van der Waals surface area contributed by atoms with Crippen molar-refractivity contribution in [1.29, 1.82) is 0 Å². The van der Waals surface area contributed by atoms with Gasteiger partial charge in [0, 0.05) is 18.8 Å². The number of likely N-dealkylation sites (tertiary alicyclic amines) is 1. The summed E-state index contributed by atoms with van der Waals surface area (Å²) in [5.41, 5.74) is 3.05. The van der Waals surface area contributed by atoms with Crippen LogP contribution in [0.1, 0.15) is 36.5 Å². The van der Waals surface area contributed by atoms with Crippen molar-refractivity contribution < 1.29 is 14.3 Å². The Balaban J connectivity index is 1.47. The number of fused-ring (bicyclic) bond motifs is 1. The maximum atomic E-state index is 12.5. The van der Waals surface area contributed by atoms with Crippen LogP contribution in [0.4, 0.5) is 0 Å². The van der Waals surface area contributed by atoms with Crippen molar-refractivity contribution in [2.24, 2.45) is 11.8 Å². The molecule has 30 heavy (non-hydrogen) atoms. The number of carbonyl (C=O) groups excluding carboxylic acids is 2. The predicted molar refractivity (Wildman–Crippen MR) is 116 cm³/mol. The van der Waals surface area contributed by atoms with Crippen molar-refractivity contribution in [2.75, 3.05) is 19.7 Å². The van der Waals surface area contributed by atoms with Gasteiger partial charge in [0.25, 0.3) is 5.91 Å². The van der Waals surface area contributed by atoms with Gasteiger partial charge in [-0.3, -0.25) is 9.36 Å². The molecule has 4 rings (SSSR count). The van der Waals surface area contributed by atoms with Crippen molar-refractivity contribution in [3.8, 4) is 5.69 Å². The highest BCUT2D eigenvalue weighted by molar-refractivity contribution is 5.95. The molecular formula is C24H27N3O3. The van der Waals surface area contributed by atoms with Gasteiger partial charge in [-0.25, -0.2) is 9.78 Å². The second kappa shape index (κ2) is 8.30. The van der Waals surface area contributed by atoms with E-state index in [4.69, 9.17) is 4.74 Å². The van der Waals surface area contributed by atoms with Gasteiger partial charge < -0.3 is 9.64 Å². The van der Waals surface area contributed by atoms with Gasteiger partial charge in [-0.1, -0.05) is 32.0 Å². The highest BCUT2D eigenvalue weighted by atomic mass is 16.5. The van der Waals surface area contributed by atoms with Crippen molar-refractivity contribution in [1.82, 2.24) is 14.5 Å². The number of ether oxygens (including phenoxy) is 1. The quantitative estimate of drug-likeness (QED) is 0.616. The highest BCUT2D eigenvalue weighted by Crippen LogP contribution is 2.23. The third kappa shape index (κ3) is 4.08. The summed E-state index contributed by atoms with van der Waals surface area (Å²) in [6.45, 7) is 7.45. The zero-order valence-electron chi connectivity index (χ0n) is 17.7. The fraction of sp³-hybridized carbons (Fsp3) is 0.375. The molecule has 1 aromatic heterocycles. The molecule has 0 radical (unpaired) electrons. The second-order valence-electron chi connectivity index (χ2n) is 8.35. The van der Waals surface area contributed by atoms with Crippen LogP contribution in [-0.4, -0.2) is 46.0 Å². The number of benzene rings is 2. The molecule has 0 bridgehead atoms. The van der Waals surface area contributed by atoms with E-state index in [9.17, 15) is 9.59 Å². The van der Waals surface area contributed by atoms with Crippen molar-refractivity contribution in [2.45, 2.75) is 27.2 Å². The lowest BCUT2D eigenvalue weighted by atomic mass is 9.92. The Morgan fingerprint density at radius 3 is 2.47 bits per heavy atom. The van der Waals surface area contributed by atoms with E-state index >= 15 is 0 Å². The van der Waals surface area contributed by atoms with Gasteiger partial charge in [0.1, 0.15) is 5.82 Å². The van der Waals surface area contributed by atoms with Gasteiger partial charge in [0.15, 0.2) is 6.61 Å². The molecule has 2 unspecified atom stereocenters. The number of piperidine rings is 1. The van der Waals surface area contributed by atoms with Crippen LogP contribution in [-0.2, 0) is 9.53 Å². The average Bonchev–Trinajstić information content (AvgIpc) is 3.06. The Morgan fingerprint density at radius 2 is 1.77 bits per heavy atom. The van der Waals surface area contributed by atoms with Crippen molar-refractivity contribution >= 4 is 22.9 Å². The van der Waals surface area contributed by atoms with E-state index in [-0.39, 0.29) is 12.5 Å². The Labute approximate surface area is 176 Å².